The number of nitrogens with one attached hydrogen (secondary N) is 1. The van der Waals surface area contributed by atoms with Gasteiger partial charge in [-0.25, -0.2) is 4.79 Å². The van der Waals surface area contributed by atoms with Gasteiger partial charge >= 0.3 is 6.09 Å². The Morgan fingerprint density at radius 1 is 1.00 bits per heavy atom. The van der Waals surface area contributed by atoms with Crippen LogP contribution in [0, 0.1) is 0 Å². The largest absolute Gasteiger partial charge is 0.449 e. The molecular formula is C24H23NO5S. The predicted molar refractivity (Wildman–Crippen MR) is 118 cm³/mol. The van der Waals surface area contributed by atoms with Gasteiger partial charge < -0.3 is 20.3 Å². The zero-order chi connectivity index (χ0) is 22.0. The molecule has 2 unspecified atom stereocenters. The maximum Gasteiger partial charge on any atom is 0.407 e. The van der Waals surface area contributed by atoms with Crippen molar-refractivity contribution in [3.63, 3.8) is 0 Å². The Bertz CT molecular complexity index is 1060. The highest BCUT2D eigenvalue weighted by Gasteiger charge is 2.29. The molecule has 0 fully saturated rings. The molecule has 0 saturated carbocycles. The van der Waals surface area contributed by atoms with E-state index in [1.165, 1.54) is 6.92 Å². The van der Waals surface area contributed by atoms with Crippen molar-refractivity contribution in [2.45, 2.75) is 25.0 Å². The molecule has 0 spiro atoms. The van der Waals surface area contributed by atoms with Crippen LogP contribution in [0.5, 0.6) is 0 Å². The van der Waals surface area contributed by atoms with Gasteiger partial charge in [0.25, 0.3) is 0 Å². The molecule has 1 aromatic heterocycles. The summed E-state index contributed by atoms with van der Waals surface area (Å²) in [6.07, 6.45) is -3.09. The van der Waals surface area contributed by atoms with E-state index in [4.69, 9.17) is 4.74 Å². The minimum atomic E-state index is -1.22. The van der Waals surface area contributed by atoms with E-state index in [9.17, 15) is 19.8 Å². The first kappa shape index (κ1) is 21.2. The average molecular weight is 438 g/mol. The van der Waals surface area contributed by atoms with Gasteiger partial charge in [0.05, 0.1) is 4.88 Å². The molecule has 1 heterocycles. The Kier molecular flexibility index (Phi) is 6.18. The lowest BCUT2D eigenvalue weighted by molar-refractivity contribution is 0.0206. The number of amides is 1. The molecule has 160 valence electrons. The van der Waals surface area contributed by atoms with Crippen molar-refractivity contribution in [1.29, 1.82) is 0 Å². The molecule has 2 aromatic carbocycles. The molecular weight excluding hydrogens is 414 g/mol. The first-order valence-corrected chi connectivity index (χ1v) is 10.8. The lowest BCUT2D eigenvalue weighted by atomic mass is 9.98. The van der Waals surface area contributed by atoms with Crippen LogP contribution in [-0.2, 0) is 4.74 Å². The van der Waals surface area contributed by atoms with Crippen molar-refractivity contribution in [3.05, 3.63) is 81.5 Å². The number of aliphatic hydroxyl groups is 2. The molecule has 1 aliphatic rings. The molecule has 3 N–H and O–H groups in total. The number of thiophene rings is 1. The van der Waals surface area contributed by atoms with Crippen LogP contribution >= 0.6 is 11.3 Å². The Morgan fingerprint density at radius 2 is 1.61 bits per heavy atom. The second-order valence-electron chi connectivity index (χ2n) is 7.48. The summed E-state index contributed by atoms with van der Waals surface area (Å²) in [5.74, 6) is -0.153. The molecule has 0 aliphatic heterocycles. The minimum Gasteiger partial charge on any atom is -0.449 e. The highest BCUT2D eigenvalue weighted by molar-refractivity contribution is 7.14. The van der Waals surface area contributed by atoms with Gasteiger partial charge in [-0.3, -0.25) is 4.79 Å². The van der Waals surface area contributed by atoms with Crippen molar-refractivity contribution in [2.75, 3.05) is 13.2 Å². The number of alkyl carbamates (subject to hydrolysis) is 1. The summed E-state index contributed by atoms with van der Waals surface area (Å²) >= 11 is 1.12. The van der Waals surface area contributed by atoms with Crippen molar-refractivity contribution in [3.8, 4) is 11.1 Å². The Balaban J connectivity index is 1.33. The molecule has 0 saturated heterocycles. The summed E-state index contributed by atoms with van der Waals surface area (Å²) < 4.78 is 5.43. The molecule has 3 aromatic rings. The highest BCUT2D eigenvalue weighted by Crippen LogP contribution is 2.44. The standard InChI is InChI=1S/C24H23NO5S/c1-14(26)21-10-11-22(31-21)23(28)20(27)12-25-24(29)30-13-19-17-8-4-2-6-15(17)16-7-3-5-9-18(16)19/h2-11,19-20,23,27-28H,12-13H2,1H3,(H,25,29). The van der Waals surface area contributed by atoms with Gasteiger partial charge in [-0.05, 0) is 41.3 Å². The number of fused-ring (bicyclic) bond motifs is 3. The number of benzene rings is 2. The maximum atomic E-state index is 12.2. The number of rotatable bonds is 7. The van der Waals surface area contributed by atoms with Gasteiger partial charge in [-0.2, -0.15) is 0 Å². The second-order valence-corrected chi connectivity index (χ2v) is 8.59. The first-order valence-electron chi connectivity index (χ1n) is 10.0. The zero-order valence-electron chi connectivity index (χ0n) is 16.9. The first-order chi connectivity index (χ1) is 15.0. The zero-order valence-corrected chi connectivity index (χ0v) is 17.8. The van der Waals surface area contributed by atoms with Gasteiger partial charge in [0, 0.05) is 17.3 Å². The topological polar surface area (TPSA) is 95.9 Å². The van der Waals surface area contributed by atoms with Crippen molar-refractivity contribution < 1.29 is 24.5 Å². The minimum absolute atomic E-state index is 0.0511. The van der Waals surface area contributed by atoms with E-state index < -0.39 is 18.3 Å². The van der Waals surface area contributed by atoms with Crippen LogP contribution in [0.3, 0.4) is 0 Å². The summed E-state index contributed by atoms with van der Waals surface area (Å²) in [4.78, 5) is 24.6. The summed E-state index contributed by atoms with van der Waals surface area (Å²) in [6, 6.07) is 19.3. The molecule has 0 radical (unpaired) electrons. The van der Waals surface area contributed by atoms with E-state index >= 15 is 0 Å². The number of aliphatic hydroxyl groups excluding tert-OH is 2. The normalized spacial score (nSPS) is 14.4. The van der Waals surface area contributed by atoms with E-state index in [-0.39, 0.29) is 24.9 Å². The molecule has 31 heavy (non-hydrogen) atoms. The SMILES string of the molecule is CC(=O)c1ccc(C(O)C(O)CNC(=O)OCC2c3ccccc3-c3ccccc32)s1. The number of carbonyl (C=O) groups is 2. The van der Waals surface area contributed by atoms with E-state index in [1.807, 2.05) is 36.4 Å². The fraction of sp³-hybridized carbons (Fsp3) is 0.250. The van der Waals surface area contributed by atoms with Crippen LogP contribution in [0.4, 0.5) is 4.79 Å². The van der Waals surface area contributed by atoms with Crippen LogP contribution in [0.25, 0.3) is 11.1 Å². The smallest absolute Gasteiger partial charge is 0.407 e. The number of carbonyl (C=O) groups excluding carboxylic acids is 2. The molecule has 1 aliphatic carbocycles. The van der Waals surface area contributed by atoms with Gasteiger partial charge in [-0.15, -0.1) is 11.3 Å². The third kappa shape index (κ3) is 4.39. The van der Waals surface area contributed by atoms with Gasteiger partial charge in [0.15, 0.2) is 5.78 Å². The number of ketones is 1. The van der Waals surface area contributed by atoms with E-state index in [2.05, 4.69) is 17.4 Å². The molecule has 1 amide bonds. The quantitative estimate of drug-likeness (QED) is 0.488. The summed E-state index contributed by atoms with van der Waals surface area (Å²) in [5.41, 5.74) is 4.52. The fourth-order valence-electron chi connectivity index (χ4n) is 3.84. The van der Waals surface area contributed by atoms with E-state index in [0.717, 1.165) is 33.6 Å². The van der Waals surface area contributed by atoms with Crippen LogP contribution in [0.2, 0.25) is 0 Å². The Labute approximate surface area is 184 Å². The second kappa shape index (κ2) is 9.01. The van der Waals surface area contributed by atoms with Crippen molar-refractivity contribution >= 4 is 23.2 Å². The number of hydrogen-bond donors (Lipinski definition) is 3. The van der Waals surface area contributed by atoms with Crippen molar-refractivity contribution in [1.82, 2.24) is 5.32 Å². The number of Topliss-reactive ketones (excluding diaryl/α,β-unsaturated/α-hetero) is 1. The lowest BCUT2D eigenvalue weighted by Gasteiger charge is -2.18. The summed E-state index contributed by atoms with van der Waals surface area (Å²) in [5, 5.41) is 23.0. The monoisotopic (exact) mass is 437 g/mol. The van der Waals surface area contributed by atoms with Gasteiger partial charge in [0.2, 0.25) is 0 Å². The third-order valence-electron chi connectivity index (χ3n) is 5.43. The van der Waals surface area contributed by atoms with E-state index in [0.29, 0.717) is 9.75 Å². The molecule has 4 rings (SSSR count). The van der Waals surface area contributed by atoms with Crippen LogP contribution in [-0.4, -0.2) is 41.3 Å². The van der Waals surface area contributed by atoms with Crippen LogP contribution in [0.15, 0.2) is 60.7 Å². The summed E-state index contributed by atoms with van der Waals surface area (Å²) in [6.45, 7) is 1.44. The number of hydrogen-bond acceptors (Lipinski definition) is 6. The fourth-order valence-corrected chi connectivity index (χ4v) is 4.79. The van der Waals surface area contributed by atoms with Crippen LogP contribution < -0.4 is 5.32 Å². The van der Waals surface area contributed by atoms with Gasteiger partial charge in [-0.1, -0.05) is 48.5 Å². The molecule has 0 bridgehead atoms. The average Bonchev–Trinajstić information content (AvgIpc) is 3.39. The molecule has 7 heteroatoms. The molecule has 2 atom stereocenters. The highest BCUT2D eigenvalue weighted by atomic mass is 32.1. The maximum absolute atomic E-state index is 12.2. The van der Waals surface area contributed by atoms with Crippen LogP contribution in [0.1, 0.15) is 44.6 Å². The Morgan fingerprint density at radius 3 is 2.19 bits per heavy atom. The number of ether oxygens (including phenoxy) is 1. The third-order valence-corrected chi connectivity index (χ3v) is 6.69. The predicted octanol–water partition coefficient (Wildman–Crippen LogP) is 3.88. The Hall–Kier alpha value is -3.00. The van der Waals surface area contributed by atoms with Gasteiger partial charge in [0.1, 0.15) is 18.8 Å². The summed E-state index contributed by atoms with van der Waals surface area (Å²) in [7, 11) is 0. The van der Waals surface area contributed by atoms with E-state index in [1.54, 1.807) is 12.1 Å². The lowest BCUT2D eigenvalue weighted by Crippen LogP contribution is -2.36. The van der Waals surface area contributed by atoms with Crippen molar-refractivity contribution in [2.24, 2.45) is 0 Å². The molecule has 6 nitrogen and oxygen atoms in total.